The van der Waals surface area contributed by atoms with Crippen molar-refractivity contribution in [3.63, 3.8) is 0 Å². The number of carbonyl (C=O) groups is 2. The number of aliphatic hydroxyl groups excluding tert-OH is 1. The molecule has 1 aliphatic heterocycles. The Hall–Kier alpha value is -3.88. The number of ether oxygens (including phenoxy) is 5. The van der Waals surface area contributed by atoms with Gasteiger partial charge in [-0.1, -0.05) is 310 Å². The van der Waals surface area contributed by atoms with E-state index in [1.54, 1.807) is 19.1 Å². The smallest absolute Gasteiger partial charge is 0.330 e. The van der Waals surface area contributed by atoms with Crippen LogP contribution in [0.5, 0.6) is 17.2 Å². The summed E-state index contributed by atoms with van der Waals surface area (Å²) < 4.78 is 33.6. The van der Waals surface area contributed by atoms with Gasteiger partial charge in [-0.2, -0.15) is 0 Å². The third-order valence-corrected chi connectivity index (χ3v) is 18.3. The van der Waals surface area contributed by atoms with Crippen molar-refractivity contribution in [2.75, 3.05) is 26.4 Å². The molecule has 1 aromatic heterocycles. The molecule has 1 unspecified atom stereocenters. The number of unbranched alkanes of at least 4 members (excludes halogenated alkanes) is 45. The number of carboxylic acids is 1. The van der Waals surface area contributed by atoms with Crippen LogP contribution in [0.1, 0.15) is 372 Å². The van der Waals surface area contributed by atoms with Crippen molar-refractivity contribution in [2.24, 2.45) is 0 Å². The van der Waals surface area contributed by atoms with E-state index in [9.17, 15) is 34.5 Å². The maximum Gasteiger partial charge on any atom is 0.330 e. The van der Waals surface area contributed by atoms with E-state index < -0.39 is 66.7 Å². The number of hydrogen-bond donors (Lipinski definition) is 4. The Bertz CT molecular complexity index is 2120. The van der Waals surface area contributed by atoms with E-state index in [2.05, 4.69) is 25.8 Å². The second kappa shape index (κ2) is 52.6. The number of nitrogens with one attached hydrogen (secondary N) is 1. The minimum absolute atomic E-state index is 0.230. The molecule has 4 N–H and O–H groups in total. The third kappa shape index (κ3) is 36.2. The number of carbonyl (C=O) groups excluding carboxylic acids is 1. The zero-order chi connectivity index (χ0) is 64.3. The Morgan fingerprint density at radius 3 is 1.18 bits per heavy atom. The summed E-state index contributed by atoms with van der Waals surface area (Å²) >= 11 is 0. The van der Waals surface area contributed by atoms with Crippen molar-refractivity contribution in [1.82, 2.24) is 9.55 Å². The highest BCUT2D eigenvalue weighted by Crippen LogP contribution is 2.49. The maximum absolute atomic E-state index is 13.7. The van der Waals surface area contributed by atoms with E-state index in [1.807, 2.05) is 0 Å². The van der Waals surface area contributed by atoms with Crippen LogP contribution >= 0.6 is 0 Å². The fraction of sp³-hybridized carbons (Fsp3) is 0.840. The molecule has 14 heteroatoms. The number of H-pyrrole nitrogens is 1. The van der Waals surface area contributed by atoms with Crippen molar-refractivity contribution >= 4 is 11.9 Å². The first-order chi connectivity index (χ1) is 43.5. The Labute approximate surface area is 540 Å². The standard InChI is InChI=1S/C75H132N2O12/c1-5-8-11-14-17-20-23-26-29-32-35-38-41-44-47-50-55-85-65-58-64(72(89-70(81)54-53-69(79)80)75(84)60-68(88-67(75)62-78)77-61-63(4)73(82)76-74(77)83)59-66(86-56-51-48-45-42-39-36-33-30-27-24-21-18-15-12-9-6-2)71(65)87-57-52-49-46-43-40-37-34-31-28-25-22-19-16-13-10-7-3/h58-59,61,67-68,72,78,84H,5-57,60,62H2,1-4H3,(H,79,80)(H,76,82,83)/t67-,68-,72?,75+/m1/s1. The molecule has 4 atom stereocenters. The fourth-order valence-corrected chi connectivity index (χ4v) is 12.7. The highest BCUT2D eigenvalue weighted by Gasteiger charge is 2.55. The van der Waals surface area contributed by atoms with E-state index in [0.29, 0.717) is 37.1 Å². The van der Waals surface area contributed by atoms with Gasteiger partial charge in [-0.05, 0) is 38.3 Å². The van der Waals surface area contributed by atoms with Gasteiger partial charge in [0, 0.05) is 23.7 Å². The predicted molar refractivity (Wildman–Crippen MR) is 364 cm³/mol. The molecule has 0 aliphatic carbocycles. The van der Waals surface area contributed by atoms with Gasteiger partial charge in [0.15, 0.2) is 17.6 Å². The summed E-state index contributed by atoms with van der Waals surface area (Å²) in [5, 5.41) is 33.4. The van der Waals surface area contributed by atoms with Gasteiger partial charge in [-0.25, -0.2) is 4.79 Å². The summed E-state index contributed by atoms with van der Waals surface area (Å²) in [5.41, 5.74) is -3.02. The van der Waals surface area contributed by atoms with Gasteiger partial charge in [0.25, 0.3) is 5.56 Å². The lowest BCUT2D eigenvalue weighted by Gasteiger charge is -2.35. The van der Waals surface area contributed by atoms with Gasteiger partial charge in [0.05, 0.1) is 39.3 Å². The summed E-state index contributed by atoms with van der Waals surface area (Å²) in [5.74, 6) is -0.928. The lowest BCUT2D eigenvalue weighted by molar-refractivity contribution is -0.179. The summed E-state index contributed by atoms with van der Waals surface area (Å²) in [4.78, 5) is 53.4. The third-order valence-electron chi connectivity index (χ3n) is 18.3. The van der Waals surface area contributed by atoms with E-state index in [-0.39, 0.29) is 17.5 Å². The fourth-order valence-electron chi connectivity index (χ4n) is 12.7. The molecule has 0 bridgehead atoms. The Morgan fingerprint density at radius 2 is 0.854 bits per heavy atom. The van der Waals surface area contributed by atoms with E-state index in [0.717, 1.165) is 62.4 Å². The Kier molecular flexibility index (Phi) is 46.9. The first kappa shape index (κ1) is 79.4. The first-order valence-corrected chi connectivity index (χ1v) is 37.3. The van der Waals surface area contributed by atoms with Crippen molar-refractivity contribution < 1.29 is 48.6 Å². The van der Waals surface area contributed by atoms with Gasteiger partial charge in [0.2, 0.25) is 5.75 Å². The topological polar surface area (TPSA) is 196 Å². The molecule has 2 aromatic rings. The van der Waals surface area contributed by atoms with Crippen LogP contribution in [0, 0.1) is 6.92 Å². The normalized spacial score (nSPS) is 16.1. The molecule has 1 saturated heterocycles. The molecule has 0 saturated carbocycles. The molecular formula is C75H132N2O12. The zero-order valence-corrected chi connectivity index (χ0v) is 57.3. The number of aromatic amines is 1. The van der Waals surface area contributed by atoms with E-state index >= 15 is 0 Å². The Morgan fingerprint density at radius 1 is 0.528 bits per heavy atom. The zero-order valence-electron chi connectivity index (χ0n) is 57.3. The number of aliphatic hydroxyl groups is 2. The number of hydrogen-bond acceptors (Lipinski definition) is 11. The van der Waals surface area contributed by atoms with Crippen LogP contribution in [-0.4, -0.2) is 74.9 Å². The highest BCUT2D eigenvalue weighted by molar-refractivity contribution is 5.76. The molecular weight excluding hydrogens is 1120 g/mol. The Balaban J connectivity index is 1.81. The number of esters is 1. The minimum atomic E-state index is -2.17. The van der Waals surface area contributed by atoms with Crippen molar-refractivity contribution in [2.45, 2.75) is 379 Å². The van der Waals surface area contributed by atoms with Crippen LogP contribution < -0.4 is 25.5 Å². The van der Waals surface area contributed by atoms with Crippen molar-refractivity contribution in [1.29, 1.82) is 0 Å². The first-order valence-electron chi connectivity index (χ1n) is 37.3. The lowest BCUT2D eigenvalue weighted by atomic mass is 9.84. The van der Waals surface area contributed by atoms with Crippen molar-refractivity contribution in [3.8, 4) is 17.2 Å². The number of benzene rings is 1. The monoisotopic (exact) mass is 1250 g/mol. The number of carboxylic acid groups (broad SMARTS) is 1. The number of nitrogens with zero attached hydrogens (tertiary/aromatic N) is 1. The molecule has 14 nitrogen and oxygen atoms in total. The molecule has 1 aromatic carbocycles. The quantitative estimate of drug-likeness (QED) is 0.0362. The largest absolute Gasteiger partial charge is 0.490 e. The van der Waals surface area contributed by atoms with Gasteiger partial charge < -0.3 is 39.0 Å². The van der Waals surface area contributed by atoms with Gasteiger partial charge in [0.1, 0.15) is 17.9 Å². The molecule has 2 heterocycles. The van der Waals surface area contributed by atoms with Gasteiger partial charge >= 0.3 is 17.6 Å². The molecule has 514 valence electrons. The summed E-state index contributed by atoms with van der Waals surface area (Å²) in [6.45, 7) is 8.81. The molecule has 0 radical (unpaired) electrons. The van der Waals surface area contributed by atoms with E-state index in [1.165, 1.54) is 257 Å². The van der Waals surface area contributed by atoms with Crippen molar-refractivity contribution in [3.05, 3.63) is 50.3 Å². The van der Waals surface area contributed by atoms with Crippen LogP contribution in [0.25, 0.3) is 0 Å². The van der Waals surface area contributed by atoms with Crippen LogP contribution in [-0.2, 0) is 19.1 Å². The molecule has 1 fully saturated rings. The average molecular weight is 1250 g/mol. The molecule has 0 spiro atoms. The summed E-state index contributed by atoms with van der Waals surface area (Å²) in [6, 6.07) is 3.39. The van der Waals surface area contributed by atoms with Gasteiger partial charge in [-0.3, -0.25) is 23.9 Å². The number of aryl methyl sites for hydroxylation is 1. The van der Waals surface area contributed by atoms with Crippen LogP contribution in [0.3, 0.4) is 0 Å². The van der Waals surface area contributed by atoms with Crippen LogP contribution in [0.15, 0.2) is 27.9 Å². The number of rotatable bonds is 62. The molecule has 89 heavy (non-hydrogen) atoms. The minimum Gasteiger partial charge on any atom is -0.490 e. The lowest BCUT2D eigenvalue weighted by Crippen LogP contribution is -2.47. The SMILES string of the molecule is CCCCCCCCCCCCCCCCCCOc1cc(C(OC(=O)CCC(=O)O)[C@]2(O)C[C@H](n3cc(C)c(=O)[nH]c3=O)O[C@@H]2CO)cc(OCCCCCCCCCCCCCCCCCC)c1OCCCCCCCCCCCCCCCCCC. The predicted octanol–water partition coefficient (Wildman–Crippen LogP) is 19.9. The molecule has 1 aliphatic rings. The number of aliphatic carboxylic acids is 1. The van der Waals surface area contributed by atoms with E-state index in [4.69, 9.17) is 23.7 Å². The maximum atomic E-state index is 13.7. The number of aromatic nitrogens is 2. The highest BCUT2D eigenvalue weighted by atomic mass is 16.6. The van der Waals surface area contributed by atoms with Crippen LogP contribution in [0.4, 0.5) is 0 Å². The van der Waals surface area contributed by atoms with Crippen LogP contribution in [0.2, 0.25) is 0 Å². The summed E-state index contributed by atoms with van der Waals surface area (Å²) in [6.07, 6.45) is 56.1. The second-order valence-electron chi connectivity index (χ2n) is 26.5. The average Bonchev–Trinajstić information content (AvgIpc) is 1.80. The summed E-state index contributed by atoms with van der Waals surface area (Å²) in [7, 11) is 0. The molecule has 0 amide bonds. The van der Waals surface area contributed by atoms with Gasteiger partial charge in [-0.15, -0.1) is 0 Å². The second-order valence-corrected chi connectivity index (χ2v) is 26.5. The molecule has 3 rings (SSSR count).